The molecule has 40 heavy (non-hydrogen) atoms. The van der Waals surface area contributed by atoms with Crippen molar-refractivity contribution in [1.82, 2.24) is 30.3 Å². The van der Waals surface area contributed by atoms with E-state index in [1.165, 1.54) is 19.3 Å². The van der Waals surface area contributed by atoms with E-state index in [2.05, 4.69) is 73.5 Å². The van der Waals surface area contributed by atoms with Crippen LogP contribution in [0.3, 0.4) is 0 Å². The lowest BCUT2D eigenvalue weighted by Crippen LogP contribution is -2.62. The Hall–Kier alpha value is -2.88. The van der Waals surface area contributed by atoms with E-state index in [1.54, 1.807) is 11.3 Å². The summed E-state index contributed by atoms with van der Waals surface area (Å²) >= 11 is 1.65. The molecule has 3 fully saturated rings. The second kappa shape index (κ2) is 9.89. The van der Waals surface area contributed by atoms with Gasteiger partial charge in [0.15, 0.2) is 5.82 Å². The SMILES string of the molecule is CC1(C)CC(N(c2ccc(-c3ccc(-c4cnn(C5CCCCO5)c4)c4ncsc34)nn2)C2CC2)CC(C)(C)N1. The summed E-state index contributed by atoms with van der Waals surface area (Å²) in [6.07, 6.45) is 12.0. The highest BCUT2D eigenvalue weighted by Crippen LogP contribution is 2.41. The Morgan fingerprint density at radius 2 is 1.75 bits per heavy atom. The zero-order valence-corrected chi connectivity index (χ0v) is 24.7. The van der Waals surface area contributed by atoms with E-state index in [0.29, 0.717) is 12.1 Å². The minimum Gasteiger partial charge on any atom is -0.357 e. The van der Waals surface area contributed by atoms with Gasteiger partial charge in [-0.2, -0.15) is 5.10 Å². The van der Waals surface area contributed by atoms with Crippen LogP contribution in [0.1, 0.15) is 78.9 Å². The maximum atomic E-state index is 5.93. The van der Waals surface area contributed by atoms with E-state index in [-0.39, 0.29) is 17.3 Å². The summed E-state index contributed by atoms with van der Waals surface area (Å²) in [5.41, 5.74) is 7.19. The van der Waals surface area contributed by atoms with Crippen LogP contribution < -0.4 is 10.2 Å². The summed E-state index contributed by atoms with van der Waals surface area (Å²) < 4.78 is 9.02. The molecule has 0 spiro atoms. The van der Waals surface area contributed by atoms with Crippen LogP contribution in [0, 0.1) is 0 Å². The zero-order valence-electron chi connectivity index (χ0n) is 23.9. The van der Waals surface area contributed by atoms with Gasteiger partial charge < -0.3 is 15.0 Å². The first-order chi connectivity index (χ1) is 19.3. The molecule has 1 unspecified atom stereocenters. The van der Waals surface area contributed by atoms with Crippen LogP contribution >= 0.6 is 11.3 Å². The number of nitrogens with zero attached hydrogens (tertiary/aromatic N) is 6. The summed E-state index contributed by atoms with van der Waals surface area (Å²) in [5.74, 6) is 0.999. The van der Waals surface area contributed by atoms with Crippen LogP contribution in [0.2, 0.25) is 0 Å². The lowest BCUT2D eigenvalue weighted by Gasteiger charge is -2.50. The van der Waals surface area contributed by atoms with Crippen molar-refractivity contribution < 1.29 is 4.74 Å². The van der Waals surface area contributed by atoms with Gasteiger partial charge in [0, 0.05) is 52.7 Å². The van der Waals surface area contributed by atoms with E-state index in [0.717, 1.165) is 70.7 Å². The molecule has 1 aliphatic carbocycles. The summed E-state index contributed by atoms with van der Waals surface area (Å²) in [5, 5.41) is 18.1. The Morgan fingerprint density at radius 3 is 2.45 bits per heavy atom. The van der Waals surface area contributed by atoms with Crippen molar-refractivity contribution in [3.8, 4) is 22.4 Å². The molecular weight excluding hydrogens is 518 g/mol. The molecule has 7 rings (SSSR count). The normalized spacial score (nSPS) is 22.9. The largest absolute Gasteiger partial charge is 0.357 e. The van der Waals surface area contributed by atoms with Gasteiger partial charge in [0.1, 0.15) is 6.23 Å². The van der Waals surface area contributed by atoms with E-state index in [9.17, 15) is 0 Å². The minimum atomic E-state index is 0.0266. The first-order valence-corrected chi connectivity index (χ1v) is 15.6. The first-order valence-electron chi connectivity index (χ1n) is 14.7. The third-order valence-corrected chi connectivity index (χ3v) is 9.40. The van der Waals surface area contributed by atoms with Gasteiger partial charge in [-0.05, 0) is 84.8 Å². The Kier molecular flexibility index (Phi) is 6.44. The van der Waals surface area contributed by atoms with Crippen molar-refractivity contribution >= 4 is 27.4 Å². The van der Waals surface area contributed by atoms with Gasteiger partial charge in [0.25, 0.3) is 0 Å². The number of nitrogens with one attached hydrogen (secondary N) is 1. The van der Waals surface area contributed by atoms with E-state index in [4.69, 9.17) is 19.9 Å². The van der Waals surface area contributed by atoms with Crippen molar-refractivity contribution in [1.29, 1.82) is 0 Å². The fourth-order valence-corrected chi connectivity index (χ4v) is 7.89. The first kappa shape index (κ1) is 26.0. The average molecular weight is 558 g/mol. The molecule has 5 heterocycles. The monoisotopic (exact) mass is 557 g/mol. The number of fused-ring (bicyclic) bond motifs is 1. The fourth-order valence-electron chi connectivity index (χ4n) is 7.05. The van der Waals surface area contributed by atoms with E-state index < -0.39 is 0 Å². The maximum absolute atomic E-state index is 5.93. The summed E-state index contributed by atoms with van der Waals surface area (Å²) in [4.78, 5) is 7.33. The Labute approximate surface area is 240 Å². The van der Waals surface area contributed by atoms with Crippen molar-refractivity contribution in [2.45, 2.75) is 102 Å². The van der Waals surface area contributed by atoms with Crippen molar-refractivity contribution in [2.24, 2.45) is 0 Å². The van der Waals surface area contributed by atoms with Crippen molar-refractivity contribution in [3.63, 3.8) is 0 Å². The van der Waals surface area contributed by atoms with Crippen LogP contribution in [0.4, 0.5) is 5.82 Å². The van der Waals surface area contributed by atoms with Gasteiger partial charge in [0.2, 0.25) is 0 Å². The minimum absolute atomic E-state index is 0.0266. The van der Waals surface area contributed by atoms with Crippen LogP contribution in [0.15, 0.2) is 42.2 Å². The molecule has 3 aliphatic rings. The number of rotatable bonds is 6. The zero-order chi connectivity index (χ0) is 27.5. The molecule has 1 atom stereocenters. The van der Waals surface area contributed by atoms with E-state index in [1.807, 2.05) is 16.4 Å². The topological polar surface area (TPSA) is 81.0 Å². The fraction of sp³-hybridized carbons (Fsp3) is 0.548. The molecule has 210 valence electrons. The number of aromatic nitrogens is 5. The smallest absolute Gasteiger partial charge is 0.151 e. The van der Waals surface area contributed by atoms with Crippen molar-refractivity contribution in [2.75, 3.05) is 11.5 Å². The number of ether oxygens (including phenoxy) is 1. The highest BCUT2D eigenvalue weighted by molar-refractivity contribution is 7.17. The molecule has 2 saturated heterocycles. The molecule has 0 radical (unpaired) electrons. The maximum Gasteiger partial charge on any atom is 0.151 e. The van der Waals surface area contributed by atoms with Gasteiger partial charge in [-0.15, -0.1) is 21.5 Å². The molecular formula is C31H39N7OS. The predicted octanol–water partition coefficient (Wildman–Crippen LogP) is 6.59. The average Bonchev–Trinajstić information content (AvgIpc) is 3.41. The molecule has 8 nitrogen and oxygen atoms in total. The molecule has 0 amide bonds. The standard InChI is InChI=1S/C31H39N7OS/c1-30(2)15-22(16-31(3,4)36-30)38(21-8-9-21)26-13-12-25(34-35-26)24-11-10-23(28-29(24)40-19-32-28)20-17-33-37(18-20)27-7-5-6-14-39-27/h10-13,17-19,21-22,27,36H,5-9,14-16H2,1-4H3. The molecule has 3 aromatic heterocycles. The third-order valence-electron chi connectivity index (χ3n) is 8.54. The van der Waals surface area contributed by atoms with Crippen LogP contribution in [-0.4, -0.2) is 54.7 Å². The second-order valence-corrected chi connectivity index (χ2v) is 13.9. The number of hydrogen-bond acceptors (Lipinski definition) is 8. The van der Waals surface area contributed by atoms with Crippen LogP contribution in [-0.2, 0) is 4.74 Å². The summed E-state index contributed by atoms with van der Waals surface area (Å²) in [7, 11) is 0. The quantitative estimate of drug-likeness (QED) is 0.286. The highest BCUT2D eigenvalue weighted by atomic mass is 32.1. The summed E-state index contributed by atoms with van der Waals surface area (Å²) in [6, 6.07) is 9.64. The van der Waals surface area contributed by atoms with Gasteiger partial charge in [-0.25, -0.2) is 9.67 Å². The molecule has 1 aromatic carbocycles. The van der Waals surface area contributed by atoms with Gasteiger partial charge in [0.05, 0.1) is 27.6 Å². The lowest BCUT2D eigenvalue weighted by molar-refractivity contribution is -0.0394. The molecule has 0 bridgehead atoms. The predicted molar refractivity (Wildman–Crippen MR) is 161 cm³/mol. The van der Waals surface area contributed by atoms with Crippen LogP contribution in [0.5, 0.6) is 0 Å². The lowest BCUT2D eigenvalue weighted by atomic mass is 9.79. The molecule has 2 aliphatic heterocycles. The molecule has 4 aromatic rings. The van der Waals surface area contributed by atoms with E-state index >= 15 is 0 Å². The molecule has 1 N–H and O–H groups in total. The molecule has 9 heteroatoms. The summed E-state index contributed by atoms with van der Waals surface area (Å²) in [6.45, 7) is 10.1. The number of anilines is 1. The number of hydrogen-bond donors (Lipinski definition) is 1. The van der Waals surface area contributed by atoms with Crippen molar-refractivity contribution in [3.05, 3.63) is 42.2 Å². The Morgan fingerprint density at radius 1 is 0.950 bits per heavy atom. The number of benzene rings is 1. The third kappa shape index (κ3) is 5.03. The number of thiazole rings is 1. The Bertz CT molecular complexity index is 1480. The Balaban J connectivity index is 1.17. The van der Waals surface area contributed by atoms with Gasteiger partial charge in [-0.1, -0.05) is 12.1 Å². The van der Waals surface area contributed by atoms with Gasteiger partial charge in [-0.3, -0.25) is 0 Å². The van der Waals surface area contributed by atoms with Gasteiger partial charge >= 0.3 is 0 Å². The highest BCUT2D eigenvalue weighted by Gasteiger charge is 2.44. The second-order valence-electron chi connectivity index (χ2n) is 13.1. The molecule has 1 saturated carbocycles. The van der Waals surface area contributed by atoms with Crippen LogP contribution in [0.25, 0.3) is 32.6 Å². The number of piperidine rings is 1.